The lowest BCUT2D eigenvalue weighted by Crippen LogP contribution is -2.29. The fourth-order valence-corrected chi connectivity index (χ4v) is 2.32. The lowest BCUT2D eigenvalue weighted by molar-refractivity contribution is -0.119. The molecule has 1 saturated heterocycles. The number of amides is 1. The van der Waals surface area contributed by atoms with Crippen molar-refractivity contribution in [2.45, 2.75) is 6.42 Å². The number of carbonyl (C=O) groups is 1. The number of fused-ring (bicyclic) bond motifs is 1. The summed E-state index contributed by atoms with van der Waals surface area (Å²) < 4.78 is 0. The van der Waals surface area contributed by atoms with Gasteiger partial charge in [-0.1, -0.05) is 0 Å². The van der Waals surface area contributed by atoms with Crippen LogP contribution in [0, 0.1) is 5.92 Å². The lowest BCUT2D eigenvalue weighted by atomic mass is 10.1. The topological polar surface area (TPSA) is 107 Å². The van der Waals surface area contributed by atoms with Crippen LogP contribution in [0.1, 0.15) is 6.42 Å². The summed E-state index contributed by atoms with van der Waals surface area (Å²) in [5.41, 5.74) is 0.205. The molecule has 3 rings (SSSR count). The number of anilines is 1. The Labute approximate surface area is 113 Å². The van der Waals surface area contributed by atoms with Crippen molar-refractivity contribution in [1.82, 2.24) is 15.3 Å². The molecule has 0 bridgehead atoms. The van der Waals surface area contributed by atoms with Crippen molar-refractivity contribution in [3.05, 3.63) is 38.9 Å². The number of carbonyl (C=O) groups excluding carboxylic acids is 1. The molecule has 4 N–H and O–H groups in total. The van der Waals surface area contributed by atoms with Gasteiger partial charge in [-0.25, -0.2) is 0 Å². The average molecular weight is 274 g/mol. The Morgan fingerprint density at radius 2 is 1.90 bits per heavy atom. The van der Waals surface area contributed by atoms with E-state index >= 15 is 0 Å². The van der Waals surface area contributed by atoms with E-state index in [4.69, 9.17) is 0 Å². The third kappa shape index (κ3) is 2.35. The molecule has 1 aliphatic rings. The van der Waals surface area contributed by atoms with Gasteiger partial charge in [-0.3, -0.25) is 14.4 Å². The van der Waals surface area contributed by atoms with Crippen molar-refractivity contribution in [3.63, 3.8) is 0 Å². The van der Waals surface area contributed by atoms with Gasteiger partial charge < -0.3 is 20.6 Å². The minimum atomic E-state index is -0.707. The van der Waals surface area contributed by atoms with Gasteiger partial charge in [-0.15, -0.1) is 0 Å². The maximum atomic E-state index is 12.0. The van der Waals surface area contributed by atoms with Crippen molar-refractivity contribution in [1.29, 1.82) is 0 Å². The first-order valence-electron chi connectivity index (χ1n) is 6.41. The van der Waals surface area contributed by atoms with Crippen LogP contribution in [0.25, 0.3) is 11.0 Å². The summed E-state index contributed by atoms with van der Waals surface area (Å²) in [5, 5.41) is 5.95. The Morgan fingerprint density at radius 3 is 2.60 bits per heavy atom. The summed E-state index contributed by atoms with van der Waals surface area (Å²) in [7, 11) is 0. The molecule has 0 spiro atoms. The van der Waals surface area contributed by atoms with Gasteiger partial charge in [0.05, 0.1) is 17.0 Å². The monoisotopic (exact) mass is 274 g/mol. The molecule has 1 atom stereocenters. The van der Waals surface area contributed by atoms with Crippen LogP contribution >= 0.6 is 0 Å². The number of hydrogen-bond donors (Lipinski definition) is 4. The summed E-state index contributed by atoms with van der Waals surface area (Å²) in [6.45, 7) is 1.54. The van der Waals surface area contributed by atoms with E-state index in [0.29, 0.717) is 23.3 Å². The lowest BCUT2D eigenvalue weighted by Gasteiger charge is -2.10. The zero-order chi connectivity index (χ0) is 14.1. The van der Waals surface area contributed by atoms with Crippen LogP contribution in [0.3, 0.4) is 0 Å². The van der Waals surface area contributed by atoms with Gasteiger partial charge in [-0.05, 0) is 31.2 Å². The van der Waals surface area contributed by atoms with Crippen molar-refractivity contribution in [3.8, 4) is 0 Å². The van der Waals surface area contributed by atoms with Gasteiger partial charge in [0.25, 0.3) is 0 Å². The first-order chi connectivity index (χ1) is 9.63. The normalized spacial score (nSPS) is 18.3. The molecule has 1 amide bonds. The van der Waals surface area contributed by atoms with Crippen molar-refractivity contribution in [2.75, 3.05) is 18.4 Å². The summed E-state index contributed by atoms with van der Waals surface area (Å²) >= 11 is 0. The summed E-state index contributed by atoms with van der Waals surface area (Å²) in [6.07, 6.45) is 0.823. The summed E-state index contributed by atoms with van der Waals surface area (Å²) in [5.74, 6) is -0.0681. The predicted octanol–water partition coefficient (Wildman–Crippen LogP) is -0.236. The highest BCUT2D eigenvalue weighted by atomic mass is 16.2. The maximum Gasteiger partial charge on any atom is 0.314 e. The van der Waals surface area contributed by atoms with Gasteiger partial charge in [0, 0.05) is 12.2 Å². The first kappa shape index (κ1) is 12.6. The number of rotatable bonds is 2. The number of nitrogens with one attached hydrogen (secondary N) is 4. The van der Waals surface area contributed by atoms with Crippen molar-refractivity contribution >= 4 is 22.6 Å². The summed E-state index contributed by atoms with van der Waals surface area (Å²) in [4.78, 5) is 39.4. The highest BCUT2D eigenvalue weighted by Gasteiger charge is 2.22. The number of aromatic amines is 2. The Morgan fingerprint density at radius 1 is 1.15 bits per heavy atom. The minimum Gasteiger partial charge on any atom is -0.326 e. The van der Waals surface area contributed by atoms with Gasteiger partial charge >= 0.3 is 11.1 Å². The standard InChI is InChI=1S/C13H14N4O3/c18-11(7-3-4-14-6-7)15-8-1-2-9-10(5-8)17-13(20)12(19)16-9/h1-2,5,7,14H,3-4,6H2,(H,15,18)(H,16,19)(H,17,20). The molecule has 20 heavy (non-hydrogen) atoms. The predicted molar refractivity (Wildman–Crippen MR) is 74.8 cm³/mol. The van der Waals surface area contributed by atoms with Crippen LogP contribution in [0.15, 0.2) is 27.8 Å². The third-order valence-corrected chi connectivity index (χ3v) is 3.42. The number of benzene rings is 1. The molecule has 2 heterocycles. The van der Waals surface area contributed by atoms with Crippen LogP contribution in [-0.2, 0) is 4.79 Å². The SMILES string of the molecule is O=C(Nc1ccc2[nH]c(=O)c(=O)[nH]c2c1)C1CCNC1. The summed E-state index contributed by atoms with van der Waals surface area (Å²) in [6, 6.07) is 4.97. The largest absolute Gasteiger partial charge is 0.326 e. The van der Waals surface area contributed by atoms with Crippen LogP contribution < -0.4 is 21.8 Å². The van der Waals surface area contributed by atoms with E-state index in [-0.39, 0.29) is 11.8 Å². The van der Waals surface area contributed by atoms with E-state index in [9.17, 15) is 14.4 Å². The number of hydrogen-bond acceptors (Lipinski definition) is 4. The highest BCUT2D eigenvalue weighted by Crippen LogP contribution is 2.16. The highest BCUT2D eigenvalue weighted by molar-refractivity contribution is 5.94. The fraction of sp³-hybridized carbons (Fsp3) is 0.308. The Hall–Kier alpha value is -2.41. The molecular weight excluding hydrogens is 260 g/mol. The van der Waals surface area contributed by atoms with E-state index < -0.39 is 11.1 Å². The molecule has 0 radical (unpaired) electrons. The van der Waals surface area contributed by atoms with Gasteiger partial charge in [0.2, 0.25) is 5.91 Å². The molecule has 7 nitrogen and oxygen atoms in total. The van der Waals surface area contributed by atoms with E-state index in [2.05, 4.69) is 20.6 Å². The molecule has 0 saturated carbocycles. The fourth-order valence-electron chi connectivity index (χ4n) is 2.32. The number of H-pyrrole nitrogens is 2. The van der Waals surface area contributed by atoms with Crippen LogP contribution in [-0.4, -0.2) is 29.0 Å². The van der Waals surface area contributed by atoms with E-state index in [0.717, 1.165) is 13.0 Å². The second-order valence-corrected chi connectivity index (χ2v) is 4.85. The Kier molecular flexibility index (Phi) is 3.11. The second-order valence-electron chi connectivity index (χ2n) is 4.85. The van der Waals surface area contributed by atoms with E-state index in [1.165, 1.54) is 0 Å². The van der Waals surface area contributed by atoms with Gasteiger partial charge in [0.1, 0.15) is 0 Å². The van der Waals surface area contributed by atoms with Crippen LogP contribution in [0.5, 0.6) is 0 Å². The van der Waals surface area contributed by atoms with Gasteiger partial charge in [-0.2, -0.15) is 0 Å². The Balaban J connectivity index is 1.89. The smallest absolute Gasteiger partial charge is 0.314 e. The molecule has 1 unspecified atom stereocenters. The second kappa shape index (κ2) is 4.93. The molecule has 1 aromatic heterocycles. The quantitative estimate of drug-likeness (QED) is 0.567. The molecule has 104 valence electrons. The van der Waals surface area contributed by atoms with Gasteiger partial charge in [0.15, 0.2) is 0 Å². The molecule has 1 aromatic carbocycles. The molecule has 1 aliphatic heterocycles. The zero-order valence-corrected chi connectivity index (χ0v) is 10.7. The zero-order valence-electron chi connectivity index (χ0n) is 10.7. The van der Waals surface area contributed by atoms with E-state index in [1.807, 2.05) is 0 Å². The minimum absolute atomic E-state index is 0.0275. The molecular formula is C13H14N4O3. The molecule has 1 fully saturated rings. The maximum absolute atomic E-state index is 12.0. The average Bonchev–Trinajstić information content (AvgIpc) is 2.94. The molecule has 0 aliphatic carbocycles. The van der Waals surface area contributed by atoms with Crippen LogP contribution in [0.2, 0.25) is 0 Å². The van der Waals surface area contributed by atoms with Crippen molar-refractivity contribution < 1.29 is 4.79 Å². The first-order valence-corrected chi connectivity index (χ1v) is 6.41. The molecule has 7 heteroatoms. The molecule has 2 aromatic rings. The number of aromatic nitrogens is 2. The van der Waals surface area contributed by atoms with E-state index in [1.54, 1.807) is 18.2 Å². The van der Waals surface area contributed by atoms with Crippen molar-refractivity contribution in [2.24, 2.45) is 5.92 Å². The Bertz CT molecular complexity index is 771. The van der Waals surface area contributed by atoms with Crippen LogP contribution in [0.4, 0.5) is 5.69 Å². The third-order valence-electron chi connectivity index (χ3n) is 3.42.